The largest absolute Gasteiger partial charge is 0.490 e. The Balaban J connectivity index is 2.11. The maximum absolute atomic E-state index is 11.8. The van der Waals surface area contributed by atoms with Crippen molar-refractivity contribution >= 4 is 5.91 Å². The Kier molecular flexibility index (Phi) is 5.07. The van der Waals surface area contributed by atoms with Gasteiger partial charge in [0.2, 0.25) is 5.91 Å². The van der Waals surface area contributed by atoms with Crippen LogP contribution < -0.4 is 20.5 Å². The molecule has 0 saturated heterocycles. The van der Waals surface area contributed by atoms with Crippen molar-refractivity contribution in [1.82, 2.24) is 5.32 Å². The second kappa shape index (κ2) is 6.80. The van der Waals surface area contributed by atoms with Gasteiger partial charge in [-0.2, -0.15) is 0 Å². The van der Waals surface area contributed by atoms with Crippen LogP contribution in [0.2, 0.25) is 0 Å². The minimum Gasteiger partial charge on any atom is -0.490 e. The second-order valence-electron chi connectivity index (χ2n) is 5.41. The van der Waals surface area contributed by atoms with Gasteiger partial charge in [0.05, 0.1) is 6.61 Å². The predicted octanol–water partition coefficient (Wildman–Crippen LogP) is 1.85. The number of benzene rings is 1. The van der Waals surface area contributed by atoms with E-state index in [9.17, 15) is 4.79 Å². The summed E-state index contributed by atoms with van der Waals surface area (Å²) in [6.45, 7) is 2.53. The Morgan fingerprint density at radius 1 is 1.43 bits per heavy atom. The van der Waals surface area contributed by atoms with Gasteiger partial charge in [0, 0.05) is 6.42 Å². The highest BCUT2D eigenvalue weighted by molar-refractivity contribution is 5.84. The fourth-order valence-corrected chi connectivity index (χ4v) is 2.90. The molecule has 1 aromatic carbocycles. The Bertz CT molecular complexity index is 492. The molecular formula is C16H24N2O3. The highest BCUT2D eigenvalue weighted by Gasteiger charge is 2.41. The maximum atomic E-state index is 11.8. The van der Waals surface area contributed by atoms with E-state index >= 15 is 0 Å². The van der Waals surface area contributed by atoms with Gasteiger partial charge in [0.1, 0.15) is 11.6 Å². The fraction of sp³-hybridized carbons (Fsp3) is 0.562. The molecule has 0 spiro atoms. The molecular weight excluding hydrogens is 268 g/mol. The molecule has 1 aliphatic rings. The number of para-hydroxylation sites is 2. The van der Waals surface area contributed by atoms with Crippen LogP contribution in [0.25, 0.3) is 0 Å². The molecule has 0 radical (unpaired) electrons. The fourth-order valence-electron chi connectivity index (χ4n) is 2.90. The Hall–Kier alpha value is -1.75. The van der Waals surface area contributed by atoms with E-state index in [1.807, 2.05) is 31.2 Å². The third-order valence-corrected chi connectivity index (χ3v) is 4.10. The molecule has 1 saturated carbocycles. The van der Waals surface area contributed by atoms with Gasteiger partial charge in [0.25, 0.3) is 0 Å². The van der Waals surface area contributed by atoms with E-state index < -0.39 is 5.54 Å². The number of primary amides is 1. The van der Waals surface area contributed by atoms with Crippen molar-refractivity contribution < 1.29 is 14.3 Å². The van der Waals surface area contributed by atoms with Crippen molar-refractivity contribution in [2.75, 3.05) is 13.7 Å². The molecule has 0 bridgehead atoms. The van der Waals surface area contributed by atoms with E-state index in [0.29, 0.717) is 13.0 Å². The van der Waals surface area contributed by atoms with Crippen molar-refractivity contribution in [1.29, 1.82) is 0 Å². The Labute approximate surface area is 125 Å². The number of likely N-dealkylation sites (N-methyl/N-ethyl adjacent to an activating group) is 1. The summed E-state index contributed by atoms with van der Waals surface area (Å²) < 4.78 is 11.6. The van der Waals surface area contributed by atoms with Crippen molar-refractivity contribution in [3.8, 4) is 11.5 Å². The van der Waals surface area contributed by atoms with Gasteiger partial charge >= 0.3 is 0 Å². The van der Waals surface area contributed by atoms with Gasteiger partial charge in [0.15, 0.2) is 11.5 Å². The first-order valence-corrected chi connectivity index (χ1v) is 7.48. The zero-order valence-corrected chi connectivity index (χ0v) is 12.7. The third-order valence-electron chi connectivity index (χ3n) is 4.10. The topological polar surface area (TPSA) is 73.6 Å². The molecule has 1 amide bonds. The molecule has 21 heavy (non-hydrogen) atoms. The molecule has 0 aromatic heterocycles. The number of ether oxygens (including phenoxy) is 2. The second-order valence-corrected chi connectivity index (χ2v) is 5.41. The standard InChI is InChI=1S/C16H24N2O3/c1-3-20-13-8-4-5-9-14(13)21-12-7-6-10-16(11-12,18-2)15(17)19/h4-5,8-9,12,18H,3,6-7,10-11H2,1-2H3,(H2,17,19). The molecule has 2 atom stereocenters. The zero-order valence-electron chi connectivity index (χ0n) is 12.7. The minimum absolute atomic E-state index is 0.0414. The van der Waals surface area contributed by atoms with Crippen LogP contribution in [0, 0.1) is 0 Å². The van der Waals surface area contributed by atoms with E-state index in [-0.39, 0.29) is 12.0 Å². The van der Waals surface area contributed by atoms with Gasteiger partial charge in [-0.3, -0.25) is 4.79 Å². The number of hydrogen-bond acceptors (Lipinski definition) is 4. The maximum Gasteiger partial charge on any atom is 0.237 e. The number of hydrogen-bond donors (Lipinski definition) is 2. The number of rotatable bonds is 6. The van der Waals surface area contributed by atoms with Gasteiger partial charge in [-0.25, -0.2) is 0 Å². The first kappa shape index (κ1) is 15.6. The van der Waals surface area contributed by atoms with Crippen molar-refractivity contribution in [2.45, 2.75) is 44.2 Å². The molecule has 5 nitrogen and oxygen atoms in total. The Morgan fingerprint density at radius 2 is 2.14 bits per heavy atom. The number of carbonyl (C=O) groups excluding carboxylic acids is 1. The highest BCUT2D eigenvalue weighted by atomic mass is 16.5. The summed E-state index contributed by atoms with van der Waals surface area (Å²) >= 11 is 0. The van der Waals surface area contributed by atoms with Crippen LogP contribution in [0.4, 0.5) is 0 Å². The third kappa shape index (κ3) is 3.47. The van der Waals surface area contributed by atoms with E-state index in [2.05, 4.69) is 5.32 Å². The van der Waals surface area contributed by atoms with E-state index in [4.69, 9.17) is 15.2 Å². The summed E-state index contributed by atoms with van der Waals surface area (Å²) in [5, 5.41) is 3.09. The monoisotopic (exact) mass is 292 g/mol. The summed E-state index contributed by atoms with van der Waals surface area (Å²) in [7, 11) is 1.78. The summed E-state index contributed by atoms with van der Waals surface area (Å²) in [6.07, 6.45) is 3.12. The average Bonchev–Trinajstić information content (AvgIpc) is 2.49. The van der Waals surface area contributed by atoms with Crippen molar-refractivity contribution in [3.63, 3.8) is 0 Å². The van der Waals surface area contributed by atoms with Crippen LogP contribution in [0.3, 0.4) is 0 Å². The summed E-state index contributed by atoms with van der Waals surface area (Å²) in [5.74, 6) is 1.15. The van der Waals surface area contributed by atoms with Crippen LogP contribution in [-0.4, -0.2) is 31.2 Å². The molecule has 1 aliphatic carbocycles. The molecule has 2 unspecified atom stereocenters. The van der Waals surface area contributed by atoms with E-state index in [1.165, 1.54) is 0 Å². The Morgan fingerprint density at radius 3 is 2.76 bits per heavy atom. The SMILES string of the molecule is CCOc1ccccc1OC1CCCC(NC)(C(N)=O)C1. The molecule has 0 heterocycles. The number of carbonyl (C=O) groups is 1. The lowest BCUT2D eigenvalue weighted by molar-refractivity contribution is -0.126. The molecule has 2 rings (SSSR count). The lowest BCUT2D eigenvalue weighted by Crippen LogP contribution is -2.58. The average molecular weight is 292 g/mol. The lowest BCUT2D eigenvalue weighted by Gasteiger charge is -2.38. The number of amides is 1. The number of nitrogens with one attached hydrogen (secondary N) is 1. The summed E-state index contributed by atoms with van der Waals surface area (Å²) in [5.41, 5.74) is 4.90. The predicted molar refractivity (Wildman–Crippen MR) is 81.5 cm³/mol. The van der Waals surface area contributed by atoms with Gasteiger partial charge in [-0.1, -0.05) is 12.1 Å². The van der Waals surface area contributed by atoms with Crippen LogP contribution in [0.1, 0.15) is 32.6 Å². The van der Waals surface area contributed by atoms with Crippen LogP contribution >= 0.6 is 0 Å². The summed E-state index contributed by atoms with van der Waals surface area (Å²) in [6, 6.07) is 7.62. The lowest BCUT2D eigenvalue weighted by atomic mass is 9.79. The molecule has 3 N–H and O–H groups in total. The van der Waals surface area contributed by atoms with Crippen LogP contribution in [0.15, 0.2) is 24.3 Å². The normalized spacial score (nSPS) is 25.3. The number of nitrogens with two attached hydrogens (primary N) is 1. The van der Waals surface area contributed by atoms with Gasteiger partial charge in [-0.05, 0) is 45.4 Å². The highest BCUT2D eigenvalue weighted by Crippen LogP contribution is 2.34. The van der Waals surface area contributed by atoms with Crippen LogP contribution in [-0.2, 0) is 4.79 Å². The molecule has 116 valence electrons. The minimum atomic E-state index is -0.663. The summed E-state index contributed by atoms with van der Waals surface area (Å²) in [4.78, 5) is 11.8. The molecule has 1 fully saturated rings. The zero-order chi connectivity index (χ0) is 15.3. The first-order chi connectivity index (χ1) is 10.1. The van der Waals surface area contributed by atoms with E-state index in [1.54, 1.807) is 7.05 Å². The molecule has 5 heteroatoms. The van der Waals surface area contributed by atoms with Crippen molar-refractivity contribution in [3.05, 3.63) is 24.3 Å². The smallest absolute Gasteiger partial charge is 0.237 e. The van der Waals surface area contributed by atoms with Gasteiger partial charge < -0.3 is 20.5 Å². The first-order valence-electron chi connectivity index (χ1n) is 7.48. The van der Waals surface area contributed by atoms with Crippen LogP contribution in [0.5, 0.6) is 11.5 Å². The van der Waals surface area contributed by atoms with E-state index in [0.717, 1.165) is 30.8 Å². The quantitative estimate of drug-likeness (QED) is 0.839. The molecule has 0 aliphatic heterocycles. The van der Waals surface area contributed by atoms with Gasteiger partial charge in [-0.15, -0.1) is 0 Å². The van der Waals surface area contributed by atoms with Crippen molar-refractivity contribution in [2.24, 2.45) is 5.73 Å². The molecule has 1 aromatic rings.